The highest BCUT2D eigenvalue weighted by Gasteiger charge is 2.49. The van der Waals surface area contributed by atoms with Crippen LogP contribution in [0.4, 0.5) is 14.5 Å². The molecule has 0 unspecified atom stereocenters. The van der Waals surface area contributed by atoms with Crippen LogP contribution < -0.4 is 9.64 Å². The van der Waals surface area contributed by atoms with Gasteiger partial charge in [-0.1, -0.05) is 12.1 Å². The molecule has 1 heterocycles. The molecule has 1 aliphatic heterocycles. The fourth-order valence-corrected chi connectivity index (χ4v) is 2.56. The van der Waals surface area contributed by atoms with E-state index in [4.69, 9.17) is 9.84 Å². The van der Waals surface area contributed by atoms with Gasteiger partial charge in [-0.3, -0.25) is 4.79 Å². The molecule has 0 aliphatic carbocycles. The van der Waals surface area contributed by atoms with E-state index in [2.05, 4.69) is 0 Å². The first kappa shape index (κ1) is 14.6. The Morgan fingerprint density at radius 2 is 1.95 bits per heavy atom. The maximum atomic E-state index is 13.1. The third kappa shape index (κ3) is 2.42. The molecule has 1 aliphatic rings. The summed E-state index contributed by atoms with van der Waals surface area (Å²) in [5, 5.41) is 9.09. The molecule has 1 N–H and O–H groups in total. The van der Waals surface area contributed by atoms with Crippen molar-refractivity contribution in [1.82, 2.24) is 0 Å². The Hall–Kier alpha value is -1.85. The van der Waals surface area contributed by atoms with Gasteiger partial charge in [0, 0.05) is 13.1 Å². The van der Waals surface area contributed by atoms with Gasteiger partial charge in [0.1, 0.15) is 11.2 Å². The maximum absolute atomic E-state index is 13.1. The zero-order valence-electron chi connectivity index (χ0n) is 11.2. The van der Waals surface area contributed by atoms with Gasteiger partial charge in [-0.25, -0.2) is 8.78 Å². The van der Waals surface area contributed by atoms with Crippen LogP contribution in [0.15, 0.2) is 24.3 Å². The predicted octanol–water partition coefficient (Wildman–Crippen LogP) is 2.63. The monoisotopic (exact) mass is 285 g/mol. The highest BCUT2D eigenvalue weighted by atomic mass is 19.3. The van der Waals surface area contributed by atoms with Gasteiger partial charge in [0.25, 0.3) is 6.43 Å². The van der Waals surface area contributed by atoms with Crippen LogP contribution in [-0.2, 0) is 4.79 Å². The number of aliphatic carboxylic acids is 1. The van der Waals surface area contributed by atoms with Crippen LogP contribution in [0.3, 0.4) is 0 Å². The van der Waals surface area contributed by atoms with Gasteiger partial charge in [0.15, 0.2) is 0 Å². The summed E-state index contributed by atoms with van der Waals surface area (Å²) in [4.78, 5) is 13.1. The molecule has 4 nitrogen and oxygen atoms in total. The number of benzene rings is 1. The molecule has 2 rings (SSSR count). The molecule has 0 saturated carbocycles. The Bertz CT molecular complexity index is 485. The van der Waals surface area contributed by atoms with Crippen molar-refractivity contribution < 1.29 is 23.4 Å². The molecule has 110 valence electrons. The third-order valence-electron chi connectivity index (χ3n) is 3.93. The molecule has 1 aromatic carbocycles. The lowest BCUT2D eigenvalue weighted by Crippen LogP contribution is -2.48. The number of carboxylic acids is 1. The first-order chi connectivity index (χ1) is 9.51. The Morgan fingerprint density at radius 3 is 2.45 bits per heavy atom. The van der Waals surface area contributed by atoms with Crippen LogP contribution in [0.1, 0.15) is 12.8 Å². The topological polar surface area (TPSA) is 49.8 Å². The first-order valence-corrected chi connectivity index (χ1v) is 6.41. The predicted molar refractivity (Wildman–Crippen MR) is 70.5 cm³/mol. The molecule has 1 fully saturated rings. The maximum Gasteiger partial charge on any atom is 0.315 e. The van der Waals surface area contributed by atoms with Crippen LogP contribution in [0.5, 0.6) is 5.75 Å². The van der Waals surface area contributed by atoms with E-state index < -0.39 is 17.8 Å². The minimum atomic E-state index is -2.85. The van der Waals surface area contributed by atoms with Gasteiger partial charge in [0.05, 0.1) is 12.8 Å². The minimum Gasteiger partial charge on any atom is -0.495 e. The standard InChI is InChI=1S/C14H17F2NO3/c1-20-11-5-3-2-4-10(11)17-8-6-14(7-9-17,12(15)16)13(18)19/h2-5,12H,6-9H2,1H3,(H,18,19). The van der Waals surface area contributed by atoms with E-state index in [1.807, 2.05) is 23.1 Å². The number of carbonyl (C=O) groups is 1. The zero-order valence-corrected chi connectivity index (χ0v) is 11.2. The van der Waals surface area contributed by atoms with Crippen molar-refractivity contribution in [1.29, 1.82) is 0 Å². The van der Waals surface area contributed by atoms with Crippen molar-refractivity contribution in [2.45, 2.75) is 19.3 Å². The van der Waals surface area contributed by atoms with Crippen molar-refractivity contribution in [3.05, 3.63) is 24.3 Å². The first-order valence-electron chi connectivity index (χ1n) is 6.41. The second-order valence-corrected chi connectivity index (χ2v) is 4.92. The van der Waals surface area contributed by atoms with Crippen molar-refractivity contribution in [2.75, 3.05) is 25.1 Å². The summed E-state index contributed by atoms with van der Waals surface area (Å²) in [5.74, 6) is -0.750. The van der Waals surface area contributed by atoms with E-state index in [9.17, 15) is 13.6 Å². The second kappa shape index (κ2) is 5.64. The van der Waals surface area contributed by atoms with Gasteiger partial charge < -0.3 is 14.7 Å². The van der Waals surface area contributed by atoms with E-state index in [0.29, 0.717) is 5.75 Å². The van der Waals surface area contributed by atoms with Crippen LogP contribution in [0, 0.1) is 5.41 Å². The summed E-state index contributed by atoms with van der Waals surface area (Å²) in [5.41, 5.74) is -1.11. The number of nitrogens with zero attached hydrogens (tertiary/aromatic N) is 1. The summed E-state index contributed by atoms with van der Waals surface area (Å²) in [6, 6.07) is 7.30. The third-order valence-corrected chi connectivity index (χ3v) is 3.93. The summed E-state index contributed by atoms with van der Waals surface area (Å²) < 4.78 is 31.4. The summed E-state index contributed by atoms with van der Waals surface area (Å²) in [6.07, 6.45) is -2.99. The molecule has 0 amide bonds. The van der Waals surface area contributed by atoms with Gasteiger partial charge in [-0.15, -0.1) is 0 Å². The average molecular weight is 285 g/mol. The molecule has 0 spiro atoms. The number of piperidine rings is 1. The highest BCUT2D eigenvalue weighted by Crippen LogP contribution is 2.40. The lowest BCUT2D eigenvalue weighted by atomic mass is 9.78. The summed E-state index contributed by atoms with van der Waals surface area (Å²) in [7, 11) is 1.55. The van der Waals surface area contributed by atoms with Crippen molar-refractivity contribution in [2.24, 2.45) is 5.41 Å². The second-order valence-electron chi connectivity index (χ2n) is 4.92. The smallest absolute Gasteiger partial charge is 0.315 e. The number of hydrogen-bond donors (Lipinski definition) is 1. The number of halogens is 2. The van der Waals surface area contributed by atoms with Crippen molar-refractivity contribution in [3.63, 3.8) is 0 Å². The van der Waals surface area contributed by atoms with Gasteiger partial charge in [-0.05, 0) is 25.0 Å². The van der Waals surface area contributed by atoms with Crippen molar-refractivity contribution >= 4 is 11.7 Å². The molecule has 0 bridgehead atoms. The molecular weight excluding hydrogens is 268 g/mol. The van der Waals surface area contributed by atoms with Crippen LogP contribution in [0.25, 0.3) is 0 Å². The molecule has 6 heteroatoms. The molecule has 20 heavy (non-hydrogen) atoms. The fraction of sp³-hybridized carbons (Fsp3) is 0.500. The number of methoxy groups -OCH3 is 1. The molecular formula is C14H17F2NO3. The number of anilines is 1. The number of para-hydroxylation sites is 2. The van der Waals surface area contributed by atoms with E-state index in [1.54, 1.807) is 13.2 Å². The zero-order chi connectivity index (χ0) is 14.8. The van der Waals surface area contributed by atoms with E-state index >= 15 is 0 Å². The highest BCUT2D eigenvalue weighted by molar-refractivity contribution is 5.76. The van der Waals surface area contributed by atoms with Crippen molar-refractivity contribution in [3.8, 4) is 5.75 Å². The SMILES string of the molecule is COc1ccccc1N1CCC(C(=O)O)(C(F)F)CC1. The summed E-state index contributed by atoms with van der Waals surface area (Å²) >= 11 is 0. The van der Waals surface area contributed by atoms with Crippen LogP contribution in [0.2, 0.25) is 0 Å². The molecule has 0 aromatic heterocycles. The molecule has 0 radical (unpaired) electrons. The van der Waals surface area contributed by atoms with Crippen LogP contribution >= 0.6 is 0 Å². The van der Waals surface area contributed by atoms with Gasteiger partial charge in [0.2, 0.25) is 0 Å². The number of carboxylic acid groups (broad SMARTS) is 1. The number of ether oxygens (including phenoxy) is 1. The van der Waals surface area contributed by atoms with E-state index in [-0.39, 0.29) is 25.9 Å². The van der Waals surface area contributed by atoms with Gasteiger partial charge in [-0.2, -0.15) is 0 Å². The molecule has 0 atom stereocenters. The minimum absolute atomic E-state index is 0.0714. The quantitative estimate of drug-likeness (QED) is 0.924. The summed E-state index contributed by atoms with van der Waals surface area (Å²) in [6.45, 7) is 0.550. The Morgan fingerprint density at radius 1 is 1.35 bits per heavy atom. The lowest BCUT2D eigenvalue weighted by molar-refractivity contribution is -0.161. The van der Waals surface area contributed by atoms with Gasteiger partial charge >= 0.3 is 5.97 Å². The fourth-order valence-electron chi connectivity index (χ4n) is 2.56. The Kier molecular flexibility index (Phi) is 4.11. The van der Waals surface area contributed by atoms with Crippen LogP contribution in [-0.4, -0.2) is 37.7 Å². The number of alkyl halides is 2. The number of hydrogen-bond acceptors (Lipinski definition) is 3. The Labute approximate surface area is 116 Å². The Balaban J connectivity index is 2.17. The average Bonchev–Trinajstić information content (AvgIpc) is 2.46. The lowest BCUT2D eigenvalue weighted by Gasteiger charge is -2.39. The van der Waals surface area contributed by atoms with E-state index in [1.165, 1.54) is 0 Å². The largest absolute Gasteiger partial charge is 0.495 e. The normalized spacial score (nSPS) is 18.1. The molecule has 1 saturated heterocycles. The number of rotatable bonds is 4. The van der Waals surface area contributed by atoms with E-state index in [0.717, 1.165) is 5.69 Å². The molecule has 1 aromatic rings.